The number of aliphatic hydroxyl groups is 1. The molecule has 0 fully saturated rings. The topological polar surface area (TPSA) is 20.2 Å². The summed E-state index contributed by atoms with van der Waals surface area (Å²) in [7, 11) is 0. The molecule has 21 heavy (non-hydrogen) atoms. The summed E-state index contributed by atoms with van der Waals surface area (Å²) < 4.78 is 0. The van der Waals surface area contributed by atoms with E-state index in [1.54, 1.807) is 0 Å². The van der Waals surface area contributed by atoms with Crippen LogP contribution in [0.3, 0.4) is 0 Å². The Morgan fingerprint density at radius 1 is 0.857 bits per heavy atom. The molecular weight excluding hydrogens is 256 g/mol. The molecule has 1 heteroatoms. The van der Waals surface area contributed by atoms with E-state index in [9.17, 15) is 5.11 Å². The van der Waals surface area contributed by atoms with Crippen LogP contribution in [0.4, 0.5) is 0 Å². The maximum absolute atomic E-state index is 11.2. The highest BCUT2D eigenvalue weighted by Crippen LogP contribution is 2.50. The van der Waals surface area contributed by atoms with Crippen LogP contribution in [0.5, 0.6) is 0 Å². The van der Waals surface area contributed by atoms with Gasteiger partial charge in [-0.25, -0.2) is 0 Å². The highest BCUT2D eigenvalue weighted by atomic mass is 16.3. The molecular formula is C20H14O. The summed E-state index contributed by atoms with van der Waals surface area (Å²) >= 11 is 0. The molecule has 0 heterocycles. The molecule has 0 aromatic heterocycles. The minimum Gasteiger partial charge on any atom is -0.379 e. The predicted octanol–water partition coefficient (Wildman–Crippen LogP) is 4.08. The largest absolute Gasteiger partial charge is 0.379 e. The van der Waals surface area contributed by atoms with Crippen molar-refractivity contribution in [3.8, 4) is 23.5 Å². The number of terminal acetylenes is 1. The average molecular weight is 270 g/mol. The molecule has 0 saturated carbocycles. The monoisotopic (exact) mass is 270 g/mol. The molecule has 0 radical (unpaired) electrons. The summed E-state index contributed by atoms with van der Waals surface area (Å²) in [6, 6.07) is 20.4. The molecule has 3 aromatic rings. The van der Waals surface area contributed by atoms with Gasteiger partial charge in [-0.05, 0) is 45.2 Å². The molecule has 1 aliphatic rings. The lowest BCUT2D eigenvalue weighted by Gasteiger charge is -2.23. The Balaban J connectivity index is 2.12. The lowest BCUT2D eigenvalue weighted by Crippen LogP contribution is -2.23. The third kappa shape index (κ3) is 1.57. The van der Waals surface area contributed by atoms with E-state index in [1.165, 1.54) is 5.39 Å². The quantitative estimate of drug-likeness (QED) is 0.661. The van der Waals surface area contributed by atoms with Crippen molar-refractivity contribution < 1.29 is 5.11 Å². The zero-order chi connectivity index (χ0) is 14.4. The van der Waals surface area contributed by atoms with Crippen LogP contribution < -0.4 is 0 Å². The van der Waals surface area contributed by atoms with Gasteiger partial charge >= 0.3 is 0 Å². The van der Waals surface area contributed by atoms with E-state index < -0.39 is 5.60 Å². The van der Waals surface area contributed by atoms with Gasteiger partial charge in [0.1, 0.15) is 5.60 Å². The fraction of sp³-hybridized carbons (Fsp3) is 0.100. The van der Waals surface area contributed by atoms with Gasteiger partial charge in [-0.1, -0.05) is 48.5 Å². The van der Waals surface area contributed by atoms with Crippen molar-refractivity contribution in [1.82, 2.24) is 0 Å². The average Bonchev–Trinajstić information content (AvgIpc) is 2.76. The van der Waals surface area contributed by atoms with Crippen LogP contribution in [0.25, 0.3) is 21.9 Å². The maximum atomic E-state index is 11.2. The Labute approximate surface area is 123 Å². The molecule has 0 amide bonds. The molecule has 0 saturated heterocycles. The highest BCUT2D eigenvalue weighted by Gasteiger charge is 2.40. The van der Waals surface area contributed by atoms with E-state index in [4.69, 9.17) is 6.42 Å². The molecule has 1 nitrogen and oxygen atoms in total. The van der Waals surface area contributed by atoms with Gasteiger partial charge in [0, 0.05) is 6.42 Å². The van der Waals surface area contributed by atoms with Gasteiger partial charge in [-0.3, -0.25) is 0 Å². The van der Waals surface area contributed by atoms with Crippen LogP contribution >= 0.6 is 0 Å². The third-order valence-corrected chi connectivity index (χ3v) is 4.35. The second kappa shape index (κ2) is 4.22. The molecule has 1 N–H and O–H groups in total. The minimum atomic E-state index is -1.08. The molecule has 0 spiro atoms. The van der Waals surface area contributed by atoms with Crippen molar-refractivity contribution in [3.63, 3.8) is 0 Å². The first kappa shape index (κ1) is 12.2. The Morgan fingerprint density at radius 3 is 2.29 bits per heavy atom. The summed E-state index contributed by atoms with van der Waals surface area (Å²) in [6.07, 6.45) is 5.80. The predicted molar refractivity (Wildman–Crippen MR) is 85.8 cm³/mol. The first-order valence-corrected chi connectivity index (χ1v) is 7.03. The van der Waals surface area contributed by atoms with Gasteiger partial charge in [0.25, 0.3) is 0 Å². The van der Waals surface area contributed by atoms with E-state index in [-0.39, 0.29) is 6.42 Å². The second-order valence-electron chi connectivity index (χ2n) is 5.53. The SMILES string of the molecule is C#CCC1(O)c2ccccc2-c2cc3ccccc3cc21. The second-order valence-corrected chi connectivity index (χ2v) is 5.53. The fourth-order valence-electron chi connectivity index (χ4n) is 3.37. The van der Waals surface area contributed by atoms with Gasteiger partial charge in [0.05, 0.1) is 0 Å². The fourth-order valence-corrected chi connectivity index (χ4v) is 3.37. The van der Waals surface area contributed by atoms with Crippen molar-refractivity contribution in [2.24, 2.45) is 0 Å². The molecule has 0 aliphatic heterocycles. The van der Waals surface area contributed by atoms with Crippen LogP contribution in [-0.4, -0.2) is 5.11 Å². The summed E-state index contributed by atoms with van der Waals surface area (Å²) in [4.78, 5) is 0. The van der Waals surface area contributed by atoms with Gasteiger partial charge in [0.2, 0.25) is 0 Å². The standard InChI is InChI=1S/C20H14O/c1-2-11-20(21)18-10-6-5-9-16(18)17-12-14-7-3-4-8-15(14)13-19(17)20/h1,3-10,12-13,21H,11H2. The zero-order valence-electron chi connectivity index (χ0n) is 11.5. The number of benzene rings is 3. The maximum Gasteiger partial charge on any atom is 0.127 e. The van der Waals surface area contributed by atoms with Gasteiger partial charge in [-0.2, -0.15) is 0 Å². The Hall–Kier alpha value is -2.56. The highest BCUT2D eigenvalue weighted by molar-refractivity contribution is 5.93. The summed E-state index contributed by atoms with van der Waals surface area (Å²) in [5, 5.41) is 13.5. The number of fused-ring (bicyclic) bond motifs is 4. The lowest BCUT2D eigenvalue weighted by molar-refractivity contribution is 0.0916. The van der Waals surface area contributed by atoms with Crippen molar-refractivity contribution in [2.45, 2.75) is 12.0 Å². The zero-order valence-corrected chi connectivity index (χ0v) is 11.5. The lowest BCUT2D eigenvalue weighted by atomic mass is 9.87. The van der Waals surface area contributed by atoms with Crippen LogP contribution in [-0.2, 0) is 5.60 Å². The molecule has 100 valence electrons. The Kier molecular flexibility index (Phi) is 2.45. The number of hydrogen-bond donors (Lipinski definition) is 1. The molecule has 1 aliphatic carbocycles. The molecule has 0 bridgehead atoms. The van der Waals surface area contributed by atoms with Gasteiger partial charge in [0.15, 0.2) is 0 Å². The van der Waals surface area contributed by atoms with Crippen LogP contribution in [0.1, 0.15) is 17.5 Å². The van der Waals surface area contributed by atoms with Crippen LogP contribution in [0.15, 0.2) is 60.7 Å². The van der Waals surface area contributed by atoms with E-state index in [0.29, 0.717) is 0 Å². The van der Waals surface area contributed by atoms with Gasteiger partial charge in [-0.15, -0.1) is 12.3 Å². The molecule has 3 aromatic carbocycles. The van der Waals surface area contributed by atoms with E-state index >= 15 is 0 Å². The third-order valence-electron chi connectivity index (χ3n) is 4.35. The number of rotatable bonds is 1. The van der Waals surface area contributed by atoms with Crippen LogP contribution in [0.2, 0.25) is 0 Å². The smallest absolute Gasteiger partial charge is 0.127 e. The first-order chi connectivity index (χ1) is 10.2. The van der Waals surface area contributed by atoms with E-state index in [2.05, 4.69) is 36.3 Å². The Bertz CT molecular complexity index is 901. The van der Waals surface area contributed by atoms with Crippen molar-refractivity contribution in [1.29, 1.82) is 0 Å². The van der Waals surface area contributed by atoms with Crippen molar-refractivity contribution in [2.75, 3.05) is 0 Å². The molecule has 1 atom stereocenters. The molecule has 1 unspecified atom stereocenters. The van der Waals surface area contributed by atoms with Gasteiger partial charge < -0.3 is 5.11 Å². The van der Waals surface area contributed by atoms with E-state index in [1.807, 2.05) is 30.3 Å². The normalized spacial score (nSPS) is 19.0. The van der Waals surface area contributed by atoms with E-state index in [0.717, 1.165) is 27.6 Å². The summed E-state index contributed by atoms with van der Waals surface area (Å²) in [6.45, 7) is 0. The van der Waals surface area contributed by atoms with Crippen molar-refractivity contribution >= 4 is 10.8 Å². The summed E-state index contributed by atoms with van der Waals surface area (Å²) in [5.41, 5.74) is 2.91. The van der Waals surface area contributed by atoms with Crippen LogP contribution in [0, 0.1) is 12.3 Å². The van der Waals surface area contributed by atoms with Crippen molar-refractivity contribution in [3.05, 3.63) is 71.8 Å². The minimum absolute atomic E-state index is 0.287. The summed E-state index contributed by atoms with van der Waals surface area (Å²) in [5.74, 6) is 2.63. The molecule has 4 rings (SSSR count). The first-order valence-electron chi connectivity index (χ1n) is 7.03. The Morgan fingerprint density at radius 2 is 1.52 bits per heavy atom. The number of hydrogen-bond acceptors (Lipinski definition) is 1.